The van der Waals surface area contributed by atoms with E-state index in [2.05, 4.69) is 229 Å². The van der Waals surface area contributed by atoms with E-state index < -0.39 is 0 Å². The first-order chi connectivity index (χ1) is 28.7. The maximum Gasteiger partial charge on any atom is 0.143 e. The molecule has 1 heterocycles. The van der Waals surface area contributed by atoms with Crippen LogP contribution in [0.2, 0.25) is 0 Å². The van der Waals surface area contributed by atoms with E-state index in [0.717, 1.165) is 60.9 Å². The molecule has 0 unspecified atom stereocenters. The summed E-state index contributed by atoms with van der Waals surface area (Å²) in [6.45, 7) is 0. The normalized spacial score (nSPS) is 11.4. The molecule has 0 aliphatic carbocycles. The highest BCUT2D eigenvalue weighted by atomic mass is 16.3. The second-order valence-electron chi connectivity index (χ2n) is 14.9. The van der Waals surface area contributed by atoms with E-state index in [9.17, 15) is 0 Å². The minimum Gasteiger partial charge on any atom is -0.455 e. The molecule has 0 fully saturated rings. The molecule has 0 atom stereocenters. The largest absolute Gasteiger partial charge is 0.455 e. The quantitative estimate of drug-likeness (QED) is 0.162. The second kappa shape index (κ2) is 14.1. The third-order valence-electron chi connectivity index (χ3n) is 11.4. The Hall–Kier alpha value is -7.68. The van der Waals surface area contributed by atoms with Crippen LogP contribution in [0.25, 0.3) is 88.0 Å². The Morgan fingerprint density at radius 3 is 1.59 bits per heavy atom. The average molecular weight is 740 g/mol. The van der Waals surface area contributed by atoms with Gasteiger partial charge >= 0.3 is 0 Å². The Balaban J connectivity index is 1.12. The molecule has 0 saturated carbocycles. The molecule has 272 valence electrons. The van der Waals surface area contributed by atoms with E-state index in [-0.39, 0.29) is 0 Å². The topological polar surface area (TPSA) is 16.4 Å². The van der Waals surface area contributed by atoms with Crippen molar-refractivity contribution in [1.82, 2.24) is 0 Å². The number of hydrogen-bond donors (Lipinski definition) is 0. The molecule has 0 saturated heterocycles. The third kappa shape index (κ3) is 5.91. The van der Waals surface area contributed by atoms with Crippen molar-refractivity contribution in [2.24, 2.45) is 0 Å². The number of furan rings is 1. The lowest BCUT2D eigenvalue weighted by Crippen LogP contribution is -2.10. The van der Waals surface area contributed by atoms with E-state index >= 15 is 0 Å². The van der Waals surface area contributed by atoms with Crippen molar-refractivity contribution in [1.29, 1.82) is 0 Å². The van der Waals surface area contributed by atoms with Gasteiger partial charge in [-0.25, -0.2) is 0 Å². The van der Waals surface area contributed by atoms with Crippen LogP contribution in [-0.4, -0.2) is 0 Å². The molecule has 58 heavy (non-hydrogen) atoms. The van der Waals surface area contributed by atoms with Crippen LogP contribution in [0.1, 0.15) is 0 Å². The highest BCUT2D eigenvalue weighted by Gasteiger charge is 2.22. The molecule has 0 radical (unpaired) electrons. The van der Waals surface area contributed by atoms with Gasteiger partial charge in [0.15, 0.2) is 0 Å². The van der Waals surface area contributed by atoms with Crippen molar-refractivity contribution in [3.8, 4) is 44.5 Å². The first kappa shape index (κ1) is 33.6. The fourth-order valence-electron chi connectivity index (χ4n) is 8.58. The van der Waals surface area contributed by atoms with E-state index in [1.54, 1.807) is 0 Å². The molecule has 0 amide bonds. The van der Waals surface area contributed by atoms with Crippen molar-refractivity contribution in [2.45, 2.75) is 0 Å². The van der Waals surface area contributed by atoms with Gasteiger partial charge in [-0.1, -0.05) is 182 Å². The van der Waals surface area contributed by atoms with Gasteiger partial charge in [-0.3, -0.25) is 0 Å². The molecular weight excluding hydrogens is 703 g/mol. The minimum absolute atomic E-state index is 0.877. The Bertz CT molecular complexity index is 3250. The molecule has 0 N–H and O–H groups in total. The van der Waals surface area contributed by atoms with Gasteiger partial charge in [0.1, 0.15) is 11.2 Å². The summed E-state index contributed by atoms with van der Waals surface area (Å²) in [4.78, 5) is 2.41. The molecule has 0 aliphatic rings. The number of hydrogen-bond acceptors (Lipinski definition) is 2. The van der Waals surface area contributed by atoms with Crippen LogP contribution in [0.4, 0.5) is 17.1 Å². The zero-order valence-electron chi connectivity index (χ0n) is 31.7. The predicted octanol–water partition coefficient (Wildman–Crippen LogP) is 16.0. The number of rotatable bonds is 7. The molecule has 0 aliphatic heterocycles. The molecule has 0 bridgehead atoms. The van der Waals surface area contributed by atoms with E-state index in [1.165, 1.54) is 44.2 Å². The standard InChI is InChI=1S/C56H37NO/c1-3-13-38(14-4-1)41-25-27-43(28-26-41)45-19-11-20-48(36-45)57(47-33-31-42(32-34-47)39-15-5-2-6-16-39)53-37-52-55-49(46-30-29-40-17-7-8-18-44(40)35-46)23-12-24-54(55)58-56(52)51-22-10-9-21-50(51)53/h1-37H. The summed E-state index contributed by atoms with van der Waals surface area (Å²) in [6, 6.07) is 80.6. The van der Waals surface area contributed by atoms with Crippen LogP contribution in [0.3, 0.4) is 0 Å². The van der Waals surface area contributed by atoms with Gasteiger partial charge in [0, 0.05) is 32.9 Å². The van der Waals surface area contributed by atoms with Crippen molar-refractivity contribution in [3.63, 3.8) is 0 Å². The number of benzene rings is 10. The maximum absolute atomic E-state index is 6.83. The summed E-state index contributed by atoms with van der Waals surface area (Å²) < 4.78 is 6.83. The Labute approximate surface area is 337 Å². The van der Waals surface area contributed by atoms with Gasteiger partial charge in [-0.05, 0) is 97.7 Å². The summed E-state index contributed by atoms with van der Waals surface area (Å²) >= 11 is 0. The van der Waals surface area contributed by atoms with E-state index in [4.69, 9.17) is 4.42 Å². The summed E-state index contributed by atoms with van der Waals surface area (Å²) in [5.74, 6) is 0. The fraction of sp³-hybridized carbons (Fsp3) is 0. The minimum atomic E-state index is 0.877. The zero-order valence-corrected chi connectivity index (χ0v) is 31.7. The van der Waals surface area contributed by atoms with Gasteiger partial charge in [0.05, 0.1) is 5.69 Å². The van der Waals surface area contributed by atoms with Crippen molar-refractivity contribution in [3.05, 3.63) is 224 Å². The lowest BCUT2D eigenvalue weighted by molar-refractivity contribution is 0.673. The highest BCUT2D eigenvalue weighted by Crippen LogP contribution is 2.47. The average Bonchev–Trinajstić information content (AvgIpc) is 3.69. The van der Waals surface area contributed by atoms with Gasteiger partial charge in [0.2, 0.25) is 0 Å². The van der Waals surface area contributed by atoms with Gasteiger partial charge in [0.25, 0.3) is 0 Å². The maximum atomic E-state index is 6.83. The van der Waals surface area contributed by atoms with Crippen LogP contribution >= 0.6 is 0 Å². The molecule has 1 aromatic heterocycles. The van der Waals surface area contributed by atoms with Crippen molar-refractivity contribution in [2.75, 3.05) is 4.90 Å². The molecule has 10 aromatic carbocycles. The molecule has 2 heteroatoms. The van der Waals surface area contributed by atoms with Gasteiger partial charge < -0.3 is 9.32 Å². The van der Waals surface area contributed by atoms with Crippen LogP contribution in [0.15, 0.2) is 229 Å². The molecule has 11 aromatic rings. The summed E-state index contributed by atoms with van der Waals surface area (Å²) in [6.07, 6.45) is 0. The Morgan fingerprint density at radius 1 is 0.310 bits per heavy atom. The molecular formula is C56H37NO. The Morgan fingerprint density at radius 2 is 0.862 bits per heavy atom. The van der Waals surface area contributed by atoms with E-state index in [0.29, 0.717) is 0 Å². The van der Waals surface area contributed by atoms with E-state index in [1.807, 2.05) is 0 Å². The number of nitrogens with zero attached hydrogens (tertiary/aromatic N) is 1. The molecule has 0 spiro atoms. The lowest BCUT2D eigenvalue weighted by atomic mass is 9.95. The van der Waals surface area contributed by atoms with Gasteiger partial charge in [-0.2, -0.15) is 0 Å². The lowest BCUT2D eigenvalue weighted by Gasteiger charge is -2.28. The van der Waals surface area contributed by atoms with Crippen LogP contribution in [0.5, 0.6) is 0 Å². The predicted molar refractivity (Wildman–Crippen MR) is 245 cm³/mol. The van der Waals surface area contributed by atoms with Gasteiger partial charge in [-0.15, -0.1) is 0 Å². The summed E-state index contributed by atoms with van der Waals surface area (Å²) in [7, 11) is 0. The molecule has 2 nitrogen and oxygen atoms in total. The van der Waals surface area contributed by atoms with Crippen LogP contribution in [-0.2, 0) is 0 Å². The smallest absolute Gasteiger partial charge is 0.143 e. The first-order valence-electron chi connectivity index (χ1n) is 19.8. The summed E-state index contributed by atoms with van der Waals surface area (Å²) in [5, 5.41) is 6.85. The fourth-order valence-corrected chi connectivity index (χ4v) is 8.58. The summed E-state index contributed by atoms with van der Waals surface area (Å²) in [5.41, 5.74) is 14.4. The van der Waals surface area contributed by atoms with Crippen LogP contribution in [0, 0.1) is 0 Å². The third-order valence-corrected chi connectivity index (χ3v) is 11.4. The van der Waals surface area contributed by atoms with Crippen molar-refractivity contribution >= 4 is 60.5 Å². The number of fused-ring (bicyclic) bond motifs is 6. The second-order valence-corrected chi connectivity index (χ2v) is 14.9. The zero-order chi connectivity index (χ0) is 38.4. The highest BCUT2D eigenvalue weighted by molar-refractivity contribution is 6.22. The van der Waals surface area contributed by atoms with Crippen LogP contribution < -0.4 is 4.90 Å². The molecule has 11 rings (SSSR count). The SMILES string of the molecule is c1ccc(-c2ccc(-c3cccc(N(c4ccc(-c5ccccc5)cc4)c4cc5c(oc6cccc(-c7ccc8ccccc8c7)c65)c5ccccc45)c3)cc2)cc1. The monoisotopic (exact) mass is 739 g/mol. The Kier molecular flexibility index (Phi) is 8.19. The van der Waals surface area contributed by atoms with Crippen molar-refractivity contribution < 1.29 is 4.42 Å². The first-order valence-corrected chi connectivity index (χ1v) is 19.8. The number of anilines is 3.